The van der Waals surface area contributed by atoms with Gasteiger partial charge in [0.25, 0.3) is 5.91 Å². The fraction of sp³-hybridized carbons (Fsp3) is 0.609. The molecule has 0 spiro atoms. The van der Waals surface area contributed by atoms with E-state index in [0.29, 0.717) is 29.4 Å². The Hall–Kier alpha value is -2.26. The average molecular weight is 463 g/mol. The first-order valence-electron chi connectivity index (χ1n) is 11.0. The summed E-state index contributed by atoms with van der Waals surface area (Å²) in [6, 6.07) is 4.66. The van der Waals surface area contributed by atoms with Crippen LogP contribution in [0.15, 0.2) is 27.6 Å². The molecule has 176 valence electrons. The van der Waals surface area contributed by atoms with Crippen LogP contribution in [0, 0.1) is 6.92 Å². The summed E-state index contributed by atoms with van der Waals surface area (Å²) in [5.41, 5.74) is -0.223. The number of hydrogen-bond donors (Lipinski definition) is 1. The molecule has 2 aromatic rings. The second-order valence-electron chi connectivity index (χ2n) is 10.2. The Morgan fingerprint density at radius 2 is 1.88 bits per heavy atom. The Kier molecular flexibility index (Phi) is 6.55. The van der Waals surface area contributed by atoms with E-state index in [1.165, 1.54) is 6.07 Å². The highest BCUT2D eigenvalue weighted by atomic mass is 32.2. The molecule has 32 heavy (non-hydrogen) atoms. The molecule has 1 aromatic heterocycles. The van der Waals surface area contributed by atoms with Crippen molar-refractivity contribution < 1.29 is 17.7 Å². The topological polar surface area (TPSA) is 105 Å². The molecule has 1 fully saturated rings. The van der Waals surface area contributed by atoms with Crippen LogP contribution in [0.1, 0.15) is 88.4 Å². The van der Waals surface area contributed by atoms with Gasteiger partial charge in [-0.15, -0.1) is 0 Å². The quantitative estimate of drug-likeness (QED) is 0.722. The highest BCUT2D eigenvalue weighted by molar-refractivity contribution is 7.89. The van der Waals surface area contributed by atoms with Crippen molar-refractivity contribution in [3.63, 3.8) is 0 Å². The molecule has 1 N–H and O–H groups in total. The van der Waals surface area contributed by atoms with Crippen molar-refractivity contribution in [1.82, 2.24) is 19.8 Å². The standard InChI is InChI=1S/C23H34N4O4S/c1-15-11-12-17(32(29,30)27-13-9-8-10-16(27)2)14-18(15)19(28)25-23(6,7)20-24-21(31-26-20)22(3,4)5/h11-12,14,16H,8-10,13H2,1-7H3,(H,25,28). The molecule has 2 heterocycles. The third-order valence-corrected chi connectivity index (χ3v) is 7.86. The van der Waals surface area contributed by atoms with Gasteiger partial charge in [0, 0.05) is 23.6 Å². The minimum atomic E-state index is -3.68. The molecule has 0 saturated carbocycles. The maximum atomic E-state index is 13.2. The molecular formula is C23H34N4O4S. The normalized spacial score (nSPS) is 18.5. The number of piperidine rings is 1. The summed E-state index contributed by atoms with van der Waals surface area (Å²) in [7, 11) is -3.68. The number of aryl methyl sites for hydroxylation is 1. The lowest BCUT2D eigenvalue weighted by Crippen LogP contribution is -2.43. The maximum absolute atomic E-state index is 13.2. The third-order valence-electron chi connectivity index (χ3n) is 5.85. The fourth-order valence-electron chi connectivity index (χ4n) is 3.76. The highest BCUT2D eigenvalue weighted by Gasteiger charge is 2.34. The number of carbonyl (C=O) groups excluding carboxylic acids is 1. The van der Waals surface area contributed by atoms with Crippen LogP contribution in [0.4, 0.5) is 0 Å². The first-order chi connectivity index (χ1) is 14.7. The molecule has 3 rings (SSSR count). The number of amides is 1. The van der Waals surface area contributed by atoms with Gasteiger partial charge in [0.2, 0.25) is 15.9 Å². The second-order valence-corrected chi connectivity index (χ2v) is 12.1. The number of nitrogens with zero attached hydrogens (tertiary/aromatic N) is 3. The van der Waals surface area contributed by atoms with Gasteiger partial charge in [-0.05, 0) is 58.2 Å². The summed E-state index contributed by atoms with van der Waals surface area (Å²) in [4.78, 5) is 17.8. The molecule has 1 saturated heterocycles. The molecule has 0 bridgehead atoms. The van der Waals surface area contributed by atoms with E-state index in [-0.39, 0.29) is 16.4 Å². The van der Waals surface area contributed by atoms with Crippen LogP contribution in [-0.2, 0) is 21.0 Å². The number of nitrogens with one attached hydrogen (secondary N) is 1. The van der Waals surface area contributed by atoms with Crippen molar-refractivity contribution in [3.05, 3.63) is 41.0 Å². The molecule has 0 radical (unpaired) electrons. The predicted octanol–water partition coefficient (Wildman–Crippen LogP) is 3.90. The van der Waals surface area contributed by atoms with Crippen LogP contribution in [0.2, 0.25) is 0 Å². The number of aromatic nitrogens is 2. The zero-order valence-corrected chi connectivity index (χ0v) is 20.8. The maximum Gasteiger partial charge on any atom is 0.252 e. The van der Waals surface area contributed by atoms with E-state index in [9.17, 15) is 13.2 Å². The Morgan fingerprint density at radius 1 is 1.19 bits per heavy atom. The van der Waals surface area contributed by atoms with Gasteiger partial charge in [0.1, 0.15) is 0 Å². The van der Waals surface area contributed by atoms with E-state index in [1.807, 2.05) is 27.7 Å². The number of rotatable bonds is 5. The predicted molar refractivity (Wildman–Crippen MR) is 122 cm³/mol. The van der Waals surface area contributed by atoms with Crippen LogP contribution < -0.4 is 5.32 Å². The molecule has 9 heteroatoms. The van der Waals surface area contributed by atoms with Gasteiger partial charge in [0.05, 0.1) is 10.4 Å². The summed E-state index contributed by atoms with van der Waals surface area (Å²) in [5, 5.41) is 6.98. The van der Waals surface area contributed by atoms with Gasteiger partial charge in [-0.3, -0.25) is 4.79 Å². The van der Waals surface area contributed by atoms with E-state index in [1.54, 1.807) is 37.2 Å². The molecular weight excluding hydrogens is 428 g/mol. The molecule has 8 nitrogen and oxygen atoms in total. The van der Waals surface area contributed by atoms with Crippen LogP contribution >= 0.6 is 0 Å². The summed E-state index contributed by atoms with van der Waals surface area (Å²) in [6.07, 6.45) is 2.71. The Morgan fingerprint density at radius 3 is 2.47 bits per heavy atom. The summed E-state index contributed by atoms with van der Waals surface area (Å²) in [5.74, 6) is 0.451. The lowest BCUT2D eigenvalue weighted by molar-refractivity contribution is 0.0906. The van der Waals surface area contributed by atoms with Crippen molar-refractivity contribution in [2.24, 2.45) is 0 Å². The number of hydrogen-bond acceptors (Lipinski definition) is 6. The van der Waals surface area contributed by atoms with Crippen LogP contribution in [-0.4, -0.2) is 41.4 Å². The second kappa shape index (κ2) is 8.59. The van der Waals surface area contributed by atoms with Gasteiger partial charge in [0.15, 0.2) is 5.82 Å². The SMILES string of the molecule is Cc1ccc(S(=O)(=O)N2CCCCC2C)cc1C(=O)NC(C)(C)c1noc(C(C)(C)C)n1. The van der Waals surface area contributed by atoms with Crippen molar-refractivity contribution in [3.8, 4) is 0 Å². The highest BCUT2D eigenvalue weighted by Crippen LogP contribution is 2.28. The van der Waals surface area contributed by atoms with Crippen LogP contribution in [0.5, 0.6) is 0 Å². The molecule has 1 aliphatic heterocycles. The van der Waals surface area contributed by atoms with E-state index in [2.05, 4.69) is 15.5 Å². The van der Waals surface area contributed by atoms with E-state index >= 15 is 0 Å². The first kappa shape index (κ1) is 24.4. The molecule has 1 amide bonds. The van der Waals surface area contributed by atoms with Gasteiger partial charge in [-0.1, -0.05) is 38.4 Å². The molecule has 1 unspecified atom stereocenters. The monoisotopic (exact) mass is 462 g/mol. The van der Waals surface area contributed by atoms with Crippen LogP contribution in [0.25, 0.3) is 0 Å². The van der Waals surface area contributed by atoms with Gasteiger partial charge in [-0.2, -0.15) is 9.29 Å². The average Bonchev–Trinajstić information content (AvgIpc) is 3.20. The van der Waals surface area contributed by atoms with E-state index in [4.69, 9.17) is 4.52 Å². The third kappa shape index (κ3) is 4.88. The van der Waals surface area contributed by atoms with E-state index in [0.717, 1.165) is 19.3 Å². The fourth-order valence-corrected chi connectivity index (χ4v) is 5.49. The Labute approximate surface area is 190 Å². The van der Waals surface area contributed by atoms with Crippen molar-refractivity contribution in [1.29, 1.82) is 0 Å². The Bertz CT molecular complexity index is 1100. The number of sulfonamides is 1. The summed E-state index contributed by atoms with van der Waals surface area (Å²) in [6.45, 7) is 13.7. The number of benzene rings is 1. The van der Waals surface area contributed by atoms with Crippen molar-refractivity contribution in [2.75, 3.05) is 6.54 Å². The van der Waals surface area contributed by atoms with Gasteiger partial charge in [-0.25, -0.2) is 8.42 Å². The summed E-state index contributed by atoms with van der Waals surface area (Å²) < 4.78 is 33.4. The molecule has 1 aliphatic rings. The molecule has 0 aliphatic carbocycles. The number of carbonyl (C=O) groups is 1. The van der Waals surface area contributed by atoms with E-state index < -0.39 is 21.5 Å². The summed E-state index contributed by atoms with van der Waals surface area (Å²) >= 11 is 0. The smallest absolute Gasteiger partial charge is 0.252 e. The van der Waals surface area contributed by atoms with Gasteiger partial charge >= 0.3 is 0 Å². The first-order valence-corrected chi connectivity index (χ1v) is 12.5. The zero-order valence-electron chi connectivity index (χ0n) is 20.0. The minimum absolute atomic E-state index is 0.0542. The zero-order chi connectivity index (χ0) is 23.9. The van der Waals surface area contributed by atoms with Crippen molar-refractivity contribution >= 4 is 15.9 Å². The Balaban J connectivity index is 1.88. The molecule has 1 aromatic carbocycles. The largest absolute Gasteiger partial charge is 0.340 e. The van der Waals surface area contributed by atoms with Crippen LogP contribution in [0.3, 0.4) is 0 Å². The minimum Gasteiger partial charge on any atom is -0.340 e. The lowest BCUT2D eigenvalue weighted by atomic mass is 9.96. The van der Waals surface area contributed by atoms with Crippen molar-refractivity contribution in [2.45, 2.75) is 89.6 Å². The lowest BCUT2D eigenvalue weighted by Gasteiger charge is -2.32. The van der Waals surface area contributed by atoms with Gasteiger partial charge < -0.3 is 9.84 Å². The molecule has 1 atom stereocenters.